The predicted octanol–water partition coefficient (Wildman–Crippen LogP) is 2.94. The number of aryl methyl sites for hydroxylation is 1. The van der Waals surface area contributed by atoms with Gasteiger partial charge in [-0.15, -0.1) is 0 Å². The molecule has 1 N–H and O–H groups in total. The molecule has 0 spiro atoms. The maximum atomic E-state index is 13.1. The molecule has 1 aliphatic rings. The second kappa shape index (κ2) is 7.93. The van der Waals surface area contributed by atoms with Gasteiger partial charge in [-0.25, -0.2) is 0 Å². The Morgan fingerprint density at radius 1 is 0.889 bits per heavy atom. The van der Waals surface area contributed by atoms with Crippen LogP contribution in [0, 0.1) is 0 Å². The Morgan fingerprint density at radius 2 is 1.56 bits per heavy atom. The maximum absolute atomic E-state index is 13.1. The van der Waals surface area contributed by atoms with Crippen LogP contribution < -0.4 is 4.90 Å². The summed E-state index contributed by atoms with van der Waals surface area (Å²) in [5.74, 6) is 0.165. The SMILES string of the molecule is CCc1ccc(C[NH+]2CCN(C(=O)c3cccc4ccccc34)CC2)cc1. The van der Waals surface area contributed by atoms with E-state index in [1.165, 1.54) is 11.1 Å². The summed E-state index contributed by atoms with van der Waals surface area (Å²) in [6.07, 6.45) is 1.09. The van der Waals surface area contributed by atoms with Crippen LogP contribution in [-0.4, -0.2) is 37.0 Å². The van der Waals surface area contributed by atoms with Crippen molar-refractivity contribution in [3.05, 3.63) is 83.4 Å². The molecule has 27 heavy (non-hydrogen) atoms. The van der Waals surface area contributed by atoms with Crippen molar-refractivity contribution in [2.45, 2.75) is 19.9 Å². The molecule has 1 aliphatic heterocycles. The van der Waals surface area contributed by atoms with Crippen molar-refractivity contribution in [2.75, 3.05) is 26.2 Å². The van der Waals surface area contributed by atoms with E-state index in [-0.39, 0.29) is 5.91 Å². The molecular weight excluding hydrogens is 332 g/mol. The van der Waals surface area contributed by atoms with Crippen LogP contribution >= 0.6 is 0 Å². The van der Waals surface area contributed by atoms with E-state index in [1.807, 2.05) is 35.2 Å². The molecule has 1 heterocycles. The smallest absolute Gasteiger partial charge is 0.254 e. The molecule has 0 aliphatic carbocycles. The number of fused-ring (bicyclic) bond motifs is 1. The lowest BCUT2D eigenvalue weighted by Crippen LogP contribution is -3.13. The van der Waals surface area contributed by atoms with E-state index in [2.05, 4.69) is 43.3 Å². The first-order valence-corrected chi connectivity index (χ1v) is 9.93. The molecule has 0 unspecified atom stereocenters. The van der Waals surface area contributed by atoms with Crippen LogP contribution in [0.2, 0.25) is 0 Å². The molecule has 0 atom stereocenters. The van der Waals surface area contributed by atoms with Crippen molar-refractivity contribution in [2.24, 2.45) is 0 Å². The number of benzene rings is 3. The van der Waals surface area contributed by atoms with Crippen LogP contribution in [0.25, 0.3) is 10.8 Å². The predicted molar refractivity (Wildman–Crippen MR) is 110 cm³/mol. The molecule has 0 radical (unpaired) electrons. The highest BCUT2D eigenvalue weighted by atomic mass is 16.2. The van der Waals surface area contributed by atoms with Gasteiger partial charge in [0.15, 0.2) is 0 Å². The second-order valence-corrected chi connectivity index (χ2v) is 7.42. The van der Waals surface area contributed by atoms with Crippen LogP contribution in [0.15, 0.2) is 66.7 Å². The summed E-state index contributed by atoms with van der Waals surface area (Å²) >= 11 is 0. The summed E-state index contributed by atoms with van der Waals surface area (Å²) in [4.78, 5) is 16.6. The zero-order chi connectivity index (χ0) is 18.6. The Morgan fingerprint density at radius 3 is 2.30 bits per heavy atom. The van der Waals surface area contributed by atoms with Crippen molar-refractivity contribution < 1.29 is 9.69 Å². The lowest BCUT2D eigenvalue weighted by molar-refractivity contribution is -0.917. The number of rotatable bonds is 4. The van der Waals surface area contributed by atoms with E-state index in [1.54, 1.807) is 4.90 Å². The largest absolute Gasteiger partial charge is 0.328 e. The third kappa shape index (κ3) is 3.88. The first-order chi connectivity index (χ1) is 13.2. The van der Waals surface area contributed by atoms with Gasteiger partial charge in [-0.2, -0.15) is 0 Å². The third-order valence-corrected chi connectivity index (χ3v) is 5.66. The molecule has 4 rings (SSSR count). The lowest BCUT2D eigenvalue weighted by Gasteiger charge is -2.32. The van der Waals surface area contributed by atoms with Crippen molar-refractivity contribution in [3.8, 4) is 0 Å². The highest BCUT2D eigenvalue weighted by molar-refractivity contribution is 6.07. The van der Waals surface area contributed by atoms with Crippen LogP contribution in [0.5, 0.6) is 0 Å². The molecule has 3 aromatic carbocycles. The van der Waals surface area contributed by atoms with E-state index < -0.39 is 0 Å². The molecule has 1 saturated heterocycles. The lowest BCUT2D eigenvalue weighted by atomic mass is 10.0. The number of nitrogens with one attached hydrogen (secondary N) is 1. The quantitative estimate of drug-likeness (QED) is 0.761. The molecule has 3 heteroatoms. The van der Waals surface area contributed by atoms with Gasteiger partial charge >= 0.3 is 0 Å². The molecular formula is C24H27N2O+. The maximum Gasteiger partial charge on any atom is 0.254 e. The van der Waals surface area contributed by atoms with Crippen molar-refractivity contribution in [1.82, 2.24) is 4.90 Å². The van der Waals surface area contributed by atoms with Gasteiger partial charge in [-0.3, -0.25) is 4.79 Å². The molecule has 3 aromatic rings. The van der Waals surface area contributed by atoms with Gasteiger partial charge in [-0.05, 0) is 28.8 Å². The van der Waals surface area contributed by atoms with Gasteiger partial charge in [0, 0.05) is 11.1 Å². The average molecular weight is 359 g/mol. The normalized spacial score (nSPS) is 15.2. The molecule has 138 valence electrons. The fourth-order valence-electron chi connectivity index (χ4n) is 3.97. The highest BCUT2D eigenvalue weighted by Crippen LogP contribution is 2.20. The van der Waals surface area contributed by atoms with Crippen LogP contribution in [0.1, 0.15) is 28.4 Å². The van der Waals surface area contributed by atoms with Gasteiger partial charge in [0.1, 0.15) is 6.54 Å². The van der Waals surface area contributed by atoms with E-state index in [4.69, 9.17) is 0 Å². The van der Waals surface area contributed by atoms with E-state index in [0.717, 1.165) is 55.5 Å². The molecule has 1 amide bonds. The van der Waals surface area contributed by atoms with Crippen molar-refractivity contribution >= 4 is 16.7 Å². The number of piperazine rings is 1. The Labute approximate surface area is 161 Å². The Hall–Kier alpha value is -2.65. The summed E-state index contributed by atoms with van der Waals surface area (Å²) in [5.41, 5.74) is 3.60. The number of hydrogen-bond donors (Lipinski definition) is 1. The summed E-state index contributed by atoms with van der Waals surface area (Å²) in [6, 6.07) is 23.1. The number of quaternary nitrogens is 1. The molecule has 0 aromatic heterocycles. The van der Waals surface area contributed by atoms with Gasteiger partial charge in [0.25, 0.3) is 5.91 Å². The minimum absolute atomic E-state index is 0.165. The topological polar surface area (TPSA) is 24.8 Å². The van der Waals surface area contributed by atoms with Gasteiger partial charge in [0.2, 0.25) is 0 Å². The Balaban J connectivity index is 1.40. The Kier molecular flexibility index (Phi) is 5.21. The molecule has 0 saturated carbocycles. The van der Waals surface area contributed by atoms with E-state index >= 15 is 0 Å². The molecule has 3 nitrogen and oxygen atoms in total. The van der Waals surface area contributed by atoms with Crippen LogP contribution in [0.4, 0.5) is 0 Å². The van der Waals surface area contributed by atoms with Gasteiger partial charge in [0.05, 0.1) is 26.2 Å². The first-order valence-electron chi connectivity index (χ1n) is 9.93. The molecule has 1 fully saturated rings. The van der Waals surface area contributed by atoms with Crippen LogP contribution in [-0.2, 0) is 13.0 Å². The van der Waals surface area contributed by atoms with Gasteiger partial charge < -0.3 is 9.80 Å². The monoisotopic (exact) mass is 359 g/mol. The fraction of sp³-hybridized carbons (Fsp3) is 0.292. The number of hydrogen-bond acceptors (Lipinski definition) is 1. The zero-order valence-corrected chi connectivity index (χ0v) is 15.9. The number of carbonyl (C=O) groups excluding carboxylic acids is 1. The zero-order valence-electron chi connectivity index (χ0n) is 15.9. The standard InChI is InChI=1S/C24H26N2O/c1-2-19-10-12-20(13-11-19)18-25-14-16-26(17-15-25)24(27)23-9-5-7-21-6-3-4-8-22(21)23/h3-13H,2,14-18H2,1H3/p+1. The summed E-state index contributed by atoms with van der Waals surface area (Å²) in [5, 5.41) is 2.18. The minimum atomic E-state index is 0.165. The van der Waals surface area contributed by atoms with Gasteiger partial charge in [-0.1, -0.05) is 67.6 Å². The van der Waals surface area contributed by atoms with Crippen molar-refractivity contribution in [1.29, 1.82) is 0 Å². The molecule has 0 bridgehead atoms. The van der Waals surface area contributed by atoms with Crippen molar-refractivity contribution in [3.63, 3.8) is 0 Å². The average Bonchev–Trinajstić information content (AvgIpc) is 2.74. The number of nitrogens with zero attached hydrogens (tertiary/aromatic N) is 1. The highest BCUT2D eigenvalue weighted by Gasteiger charge is 2.25. The second-order valence-electron chi connectivity index (χ2n) is 7.42. The first kappa shape index (κ1) is 17.7. The number of amides is 1. The van der Waals surface area contributed by atoms with E-state index in [0.29, 0.717) is 0 Å². The third-order valence-electron chi connectivity index (χ3n) is 5.66. The van der Waals surface area contributed by atoms with E-state index in [9.17, 15) is 4.79 Å². The summed E-state index contributed by atoms with van der Waals surface area (Å²) < 4.78 is 0. The number of carbonyl (C=O) groups is 1. The minimum Gasteiger partial charge on any atom is -0.328 e. The summed E-state index contributed by atoms with van der Waals surface area (Å²) in [7, 11) is 0. The summed E-state index contributed by atoms with van der Waals surface area (Å²) in [6.45, 7) is 6.89. The Bertz CT molecular complexity index is 919. The van der Waals surface area contributed by atoms with Crippen LogP contribution in [0.3, 0.4) is 0 Å². The fourth-order valence-corrected chi connectivity index (χ4v) is 3.97.